The van der Waals surface area contributed by atoms with E-state index in [1.54, 1.807) is 12.4 Å². The first-order valence-corrected chi connectivity index (χ1v) is 8.42. The van der Waals surface area contributed by atoms with Crippen LogP contribution in [-0.4, -0.2) is 14.4 Å². The molecule has 4 aromatic rings. The van der Waals surface area contributed by atoms with Gasteiger partial charge in [-0.1, -0.05) is 41.9 Å². The van der Waals surface area contributed by atoms with Crippen LogP contribution in [0.4, 0.5) is 11.5 Å². The SMILES string of the molecule is Cc1cccc(C)c1Nc1c(-c2ccc(Cl)cc2)nc2cnccn12. The van der Waals surface area contributed by atoms with Crippen molar-refractivity contribution in [2.75, 3.05) is 5.32 Å². The van der Waals surface area contributed by atoms with Crippen LogP contribution in [-0.2, 0) is 0 Å². The van der Waals surface area contributed by atoms with E-state index in [1.165, 1.54) is 11.1 Å². The Labute approximate surface area is 151 Å². The molecule has 25 heavy (non-hydrogen) atoms. The van der Waals surface area contributed by atoms with Gasteiger partial charge in [-0.05, 0) is 37.1 Å². The number of anilines is 2. The number of hydrogen-bond donors (Lipinski definition) is 1. The van der Waals surface area contributed by atoms with Gasteiger partial charge in [-0.15, -0.1) is 0 Å². The fourth-order valence-electron chi connectivity index (χ4n) is 2.97. The summed E-state index contributed by atoms with van der Waals surface area (Å²) in [4.78, 5) is 8.95. The second kappa shape index (κ2) is 6.22. The van der Waals surface area contributed by atoms with Gasteiger partial charge in [0, 0.05) is 28.7 Å². The number of aryl methyl sites for hydroxylation is 2. The first kappa shape index (κ1) is 15.7. The third kappa shape index (κ3) is 2.85. The number of nitrogens with one attached hydrogen (secondary N) is 1. The fourth-order valence-corrected chi connectivity index (χ4v) is 3.09. The second-order valence-electron chi connectivity index (χ2n) is 6.01. The molecule has 2 aromatic heterocycles. The van der Waals surface area contributed by atoms with Crippen LogP contribution in [0.1, 0.15) is 11.1 Å². The van der Waals surface area contributed by atoms with Crippen LogP contribution in [0.5, 0.6) is 0 Å². The molecule has 0 unspecified atom stereocenters. The van der Waals surface area contributed by atoms with Gasteiger partial charge in [-0.25, -0.2) is 4.98 Å². The van der Waals surface area contributed by atoms with E-state index in [2.05, 4.69) is 42.3 Å². The molecule has 1 N–H and O–H groups in total. The zero-order chi connectivity index (χ0) is 17.4. The molecule has 0 spiro atoms. The molecule has 0 aliphatic heterocycles. The predicted molar refractivity (Wildman–Crippen MR) is 103 cm³/mol. The Kier molecular flexibility index (Phi) is 3.90. The number of benzene rings is 2. The summed E-state index contributed by atoms with van der Waals surface area (Å²) in [5.74, 6) is 0.914. The molecule has 0 atom stereocenters. The lowest BCUT2D eigenvalue weighted by Crippen LogP contribution is -2.00. The van der Waals surface area contributed by atoms with Gasteiger partial charge >= 0.3 is 0 Å². The third-order valence-electron chi connectivity index (χ3n) is 4.27. The van der Waals surface area contributed by atoms with Crippen molar-refractivity contribution in [2.24, 2.45) is 0 Å². The summed E-state index contributed by atoms with van der Waals surface area (Å²) in [6.45, 7) is 4.20. The summed E-state index contributed by atoms with van der Waals surface area (Å²) in [6, 6.07) is 14.0. The Hall–Kier alpha value is -2.85. The molecule has 0 amide bonds. The quantitative estimate of drug-likeness (QED) is 0.538. The van der Waals surface area contributed by atoms with Crippen molar-refractivity contribution in [1.29, 1.82) is 0 Å². The monoisotopic (exact) mass is 348 g/mol. The average molecular weight is 349 g/mol. The average Bonchev–Trinajstić information content (AvgIpc) is 2.97. The van der Waals surface area contributed by atoms with E-state index >= 15 is 0 Å². The summed E-state index contributed by atoms with van der Waals surface area (Å²) < 4.78 is 2.02. The molecule has 5 heteroatoms. The third-order valence-corrected chi connectivity index (χ3v) is 4.52. The van der Waals surface area contributed by atoms with Crippen molar-refractivity contribution in [1.82, 2.24) is 14.4 Å². The van der Waals surface area contributed by atoms with Crippen LogP contribution in [0.15, 0.2) is 61.1 Å². The standard InChI is InChI=1S/C20H17ClN4/c1-13-4-3-5-14(2)18(13)24-20-19(15-6-8-16(21)9-7-15)23-17-12-22-10-11-25(17)20/h3-12,24H,1-2H3. The zero-order valence-electron chi connectivity index (χ0n) is 14.0. The first-order chi connectivity index (χ1) is 12.1. The second-order valence-corrected chi connectivity index (χ2v) is 6.45. The molecule has 0 saturated carbocycles. The number of imidazole rings is 1. The van der Waals surface area contributed by atoms with Gasteiger partial charge in [0.25, 0.3) is 0 Å². The van der Waals surface area contributed by atoms with Crippen LogP contribution >= 0.6 is 11.6 Å². The highest BCUT2D eigenvalue weighted by atomic mass is 35.5. The van der Waals surface area contributed by atoms with E-state index in [4.69, 9.17) is 16.6 Å². The maximum absolute atomic E-state index is 6.04. The summed E-state index contributed by atoms with van der Waals surface area (Å²) in [5.41, 5.74) is 6.13. The van der Waals surface area contributed by atoms with E-state index in [1.807, 2.05) is 34.9 Å². The molecule has 0 saturated heterocycles. The minimum absolute atomic E-state index is 0.707. The number of halogens is 1. The fraction of sp³-hybridized carbons (Fsp3) is 0.100. The summed E-state index contributed by atoms with van der Waals surface area (Å²) in [7, 11) is 0. The highest BCUT2D eigenvalue weighted by Crippen LogP contribution is 2.33. The Morgan fingerprint density at radius 1 is 1.00 bits per heavy atom. The van der Waals surface area contributed by atoms with E-state index in [0.717, 1.165) is 28.4 Å². The zero-order valence-corrected chi connectivity index (χ0v) is 14.7. The maximum atomic E-state index is 6.04. The van der Waals surface area contributed by atoms with E-state index < -0.39 is 0 Å². The van der Waals surface area contributed by atoms with Gasteiger partial charge in [-0.2, -0.15) is 0 Å². The molecule has 4 nitrogen and oxygen atoms in total. The van der Waals surface area contributed by atoms with Crippen molar-refractivity contribution in [3.63, 3.8) is 0 Å². The molecule has 2 aromatic carbocycles. The number of para-hydroxylation sites is 1. The Bertz CT molecular complexity index is 1030. The van der Waals surface area contributed by atoms with Gasteiger partial charge in [0.05, 0.1) is 6.20 Å². The number of rotatable bonds is 3. The molecule has 2 heterocycles. The molecule has 0 fully saturated rings. The molecule has 0 aliphatic rings. The van der Waals surface area contributed by atoms with Crippen molar-refractivity contribution >= 4 is 28.8 Å². The normalized spacial score (nSPS) is 11.0. The minimum Gasteiger partial charge on any atom is -0.339 e. The number of hydrogen-bond acceptors (Lipinski definition) is 3. The van der Waals surface area contributed by atoms with Crippen molar-refractivity contribution in [3.05, 3.63) is 77.2 Å². The Balaban J connectivity index is 1.92. The van der Waals surface area contributed by atoms with Gasteiger partial charge in [-0.3, -0.25) is 9.38 Å². The summed E-state index contributed by atoms with van der Waals surface area (Å²) in [5, 5.41) is 4.29. The Morgan fingerprint density at radius 2 is 1.72 bits per heavy atom. The van der Waals surface area contributed by atoms with Crippen LogP contribution < -0.4 is 5.32 Å². The molecule has 0 bridgehead atoms. The van der Waals surface area contributed by atoms with Crippen LogP contribution in [0.25, 0.3) is 16.9 Å². The molecular weight excluding hydrogens is 332 g/mol. The first-order valence-electron chi connectivity index (χ1n) is 8.05. The van der Waals surface area contributed by atoms with Crippen LogP contribution in [0.3, 0.4) is 0 Å². The molecular formula is C20H17ClN4. The topological polar surface area (TPSA) is 42.2 Å². The number of fused-ring (bicyclic) bond motifs is 1. The van der Waals surface area contributed by atoms with E-state index in [-0.39, 0.29) is 0 Å². The van der Waals surface area contributed by atoms with Gasteiger partial charge in [0.1, 0.15) is 11.5 Å². The van der Waals surface area contributed by atoms with E-state index in [9.17, 15) is 0 Å². The minimum atomic E-state index is 0.707. The largest absolute Gasteiger partial charge is 0.339 e. The van der Waals surface area contributed by atoms with Crippen molar-refractivity contribution in [3.8, 4) is 11.3 Å². The molecule has 124 valence electrons. The lowest BCUT2D eigenvalue weighted by molar-refractivity contribution is 1.12. The Morgan fingerprint density at radius 3 is 2.44 bits per heavy atom. The number of aromatic nitrogens is 3. The lowest BCUT2D eigenvalue weighted by Gasteiger charge is -2.14. The predicted octanol–water partition coefficient (Wildman–Crippen LogP) is 5.41. The maximum Gasteiger partial charge on any atom is 0.157 e. The summed E-state index contributed by atoms with van der Waals surface area (Å²) in [6.07, 6.45) is 5.43. The highest BCUT2D eigenvalue weighted by Gasteiger charge is 2.16. The molecule has 0 radical (unpaired) electrons. The smallest absolute Gasteiger partial charge is 0.157 e. The van der Waals surface area contributed by atoms with Gasteiger partial charge < -0.3 is 5.32 Å². The van der Waals surface area contributed by atoms with Gasteiger partial charge in [0.15, 0.2) is 5.65 Å². The van der Waals surface area contributed by atoms with Gasteiger partial charge in [0.2, 0.25) is 0 Å². The number of nitrogens with zero attached hydrogens (tertiary/aromatic N) is 3. The van der Waals surface area contributed by atoms with Crippen molar-refractivity contribution < 1.29 is 0 Å². The molecule has 4 rings (SSSR count). The molecule has 0 aliphatic carbocycles. The van der Waals surface area contributed by atoms with E-state index in [0.29, 0.717) is 5.02 Å². The lowest BCUT2D eigenvalue weighted by atomic mass is 10.1. The van der Waals surface area contributed by atoms with Crippen molar-refractivity contribution in [2.45, 2.75) is 13.8 Å². The summed E-state index contributed by atoms with van der Waals surface area (Å²) >= 11 is 6.04. The van der Waals surface area contributed by atoms with Crippen LogP contribution in [0, 0.1) is 13.8 Å². The highest BCUT2D eigenvalue weighted by molar-refractivity contribution is 6.30. The van der Waals surface area contributed by atoms with Crippen LogP contribution in [0.2, 0.25) is 5.02 Å².